The summed E-state index contributed by atoms with van der Waals surface area (Å²) in [5.74, 6) is -2.03. The summed E-state index contributed by atoms with van der Waals surface area (Å²) < 4.78 is 13.1. The summed E-state index contributed by atoms with van der Waals surface area (Å²) in [5.41, 5.74) is 5.28. The van der Waals surface area contributed by atoms with Gasteiger partial charge in [0.1, 0.15) is 5.92 Å². The number of carbonyl (C=O) groups excluding carboxylic acids is 2. The zero-order chi connectivity index (χ0) is 23.3. The number of nitrogens with zero attached hydrogens (tertiary/aromatic N) is 2. The van der Waals surface area contributed by atoms with Gasteiger partial charge < -0.3 is 14.8 Å². The van der Waals surface area contributed by atoms with Gasteiger partial charge in [-0.15, -0.1) is 0 Å². The first kappa shape index (κ1) is 22.1. The lowest BCUT2D eigenvalue weighted by molar-refractivity contribution is -0.151. The highest BCUT2D eigenvalue weighted by molar-refractivity contribution is 6.02. The molecule has 0 saturated carbocycles. The Morgan fingerprint density at radius 2 is 2.12 bits per heavy atom. The third-order valence-electron chi connectivity index (χ3n) is 7.61. The van der Waals surface area contributed by atoms with E-state index in [1.54, 1.807) is 0 Å². The van der Waals surface area contributed by atoms with E-state index in [0.29, 0.717) is 0 Å². The second kappa shape index (κ2) is 8.28. The number of aryl methyl sites for hydroxylation is 1. The topological polar surface area (TPSA) is 82.5 Å². The van der Waals surface area contributed by atoms with E-state index in [-0.39, 0.29) is 23.5 Å². The molecule has 33 heavy (non-hydrogen) atoms. The number of carbonyl (C=O) groups is 2. The normalized spacial score (nSPS) is 27.3. The highest BCUT2D eigenvalue weighted by Crippen LogP contribution is 2.49. The predicted octanol–water partition coefficient (Wildman–Crippen LogP) is 4.51. The average Bonchev–Trinajstić information content (AvgIpc) is 3.22. The minimum absolute atomic E-state index is 0.0804. The molecule has 7 nitrogen and oxygen atoms in total. The van der Waals surface area contributed by atoms with Crippen molar-refractivity contribution in [2.24, 2.45) is 11.3 Å². The first-order chi connectivity index (χ1) is 15.8. The van der Waals surface area contributed by atoms with Gasteiger partial charge in [0.05, 0.1) is 18.8 Å². The number of amides is 1. The van der Waals surface area contributed by atoms with Crippen LogP contribution in [0.25, 0.3) is 10.9 Å². The van der Waals surface area contributed by atoms with Crippen LogP contribution in [0.1, 0.15) is 75.6 Å². The first-order valence-electron chi connectivity index (χ1n) is 12.0. The molecule has 1 aromatic carbocycles. The summed E-state index contributed by atoms with van der Waals surface area (Å²) >= 11 is 0. The van der Waals surface area contributed by atoms with Crippen molar-refractivity contribution in [3.05, 3.63) is 40.7 Å². The number of esters is 1. The minimum Gasteiger partial charge on any atom is -0.468 e. The summed E-state index contributed by atoms with van der Waals surface area (Å²) in [7, 11) is 1.35. The number of ether oxygens (including phenoxy) is 2. The number of nitrogens with one attached hydrogen (secondary N) is 1. The predicted molar refractivity (Wildman–Crippen MR) is 124 cm³/mol. The van der Waals surface area contributed by atoms with E-state index in [9.17, 15) is 9.59 Å². The number of fused-ring (bicyclic) bond motifs is 1. The molecule has 3 unspecified atom stereocenters. The highest BCUT2D eigenvalue weighted by atomic mass is 16.5. The van der Waals surface area contributed by atoms with Crippen molar-refractivity contribution in [1.82, 2.24) is 15.1 Å². The average molecular weight is 452 g/mol. The van der Waals surface area contributed by atoms with E-state index < -0.39 is 11.9 Å². The maximum atomic E-state index is 13.3. The Balaban J connectivity index is 1.69. The van der Waals surface area contributed by atoms with Gasteiger partial charge >= 0.3 is 5.97 Å². The molecule has 1 aliphatic carbocycles. The Kier molecular flexibility index (Phi) is 5.55. The Hall–Kier alpha value is -2.67. The zero-order valence-electron chi connectivity index (χ0n) is 19.9. The SMILES string of the molecule is COC(=O)C1C(=O)NC2=C(CCC(C)(C)C2)C1c1c(C)ccc2c1cnn2C1CCCCO1. The third kappa shape index (κ3) is 3.76. The van der Waals surface area contributed by atoms with E-state index in [2.05, 4.69) is 38.2 Å². The van der Waals surface area contributed by atoms with E-state index >= 15 is 0 Å². The second-order valence-electron chi connectivity index (χ2n) is 10.5. The van der Waals surface area contributed by atoms with Gasteiger partial charge in [0.15, 0.2) is 6.23 Å². The maximum Gasteiger partial charge on any atom is 0.319 e. The lowest BCUT2D eigenvalue weighted by atomic mass is 9.66. The quantitative estimate of drug-likeness (QED) is 0.548. The molecule has 0 bridgehead atoms. The van der Waals surface area contributed by atoms with Crippen molar-refractivity contribution in [3.8, 4) is 0 Å². The molecule has 2 aromatic rings. The van der Waals surface area contributed by atoms with Crippen molar-refractivity contribution >= 4 is 22.8 Å². The van der Waals surface area contributed by atoms with Crippen LogP contribution in [0, 0.1) is 18.3 Å². The number of methoxy groups -OCH3 is 1. The number of rotatable bonds is 3. The Labute approximate surface area is 194 Å². The molecule has 176 valence electrons. The van der Waals surface area contributed by atoms with Crippen LogP contribution in [-0.2, 0) is 19.1 Å². The molecular weight excluding hydrogens is 418 g/mol. The fraction of sp³-hybridized carbons (Fsp3) is 0.577. The smallest absolute Gasteiger partial charge is 0.319 e. The molecule has 3 aliphatic rings. The minimum atomic E-state index is -0.909. The molecule has 3 atom stereocenters. The summed E-state index contributed by atoms with van der Waals surface area (Å²) in [5, 5.41) is 8.75. The molecule has 1 fully saturated rings. The van der Waals surface area contributed by atoms with Gasteiger partial charge in [0.2, 0.25) is 5.91 Å². The zero-order valence-corrected chi connectivity index (χ0v) is 19.9. The van der Waals surface area contributed by atoms with Crippen molar-refractivity contribution in [2.45, 2.75) is 71.4 Å². The molecule has 2 aliphatic heterocycles. The lowest BCUT2D eigenvalue weighted by Gasteiger charge is -2.41. The van der Waals surface area contributed by atoms with Gasteiger partial charge in [-0.25, -0.2) is 4.68 Å². The number of hydrogen-bond donors (Lipinski definition) is 1. The van der Waals surface area contributed by atoms with E-state index in [0.717, 1.165) is 78.4 Å². The Bertz CT molecular complexity index is 1140. The molecule has 0 spiro atoms. The number of aromatic nitrogens is 2. The van der Waals surface area contributed by atoms with Crippen molar-refractivity contribution in [1.29, 1.82) is 0 Å². The highest BCUT2D eigenvalue weighted by Gasteiger charge is 2.47. The van der Waals surface area contributed by atoms with Crippen LogP contribution in [0.5, 0.6) is 0 Å². The monoisotopic (exact) mass is 451 g/mol. The van der Waals surface area contributed by atoms with Crippen LogP contribution in [0.3, 0.4) is 0 Å². The molecule has 1 amide bonds. The van der Waals surface area contributed by atoms with Crippen molar-refractivity contribution in [3.63, 3.8) is 0 Å². The second-order valence-corrected chi connectivity index (χ2v) is 10.5. The maximum absolute atomic E-state index is 13.3. The fourth-order valence-electron chi connectivity index (χ4n) is 5.87. The molecular formula is C26H33N3O4. The third-order valence-corrected chi connectivity index (χ3v) is 7.61. The van der Waals surface area contributed by atoms with Crippen LogP contribution in [0.4, 0.5) is 0 Å². The van der Waals surface area contributed by atoms with Gasteiger partial charge in [-0.3, -0.25) is 9.59 Å². The molecule has 1 N–H and O–H groups in total. The summed E-state index contributed by atoms with van der Waals surface area (Å²) in [6.45, 7) is 7.25. The molecule has 1 aromatic heterocycles. The standard InChI is InChI=1S/C26H33N3O4/c1-15-8-9-19-17(14-27-29(19)20-7-5-6-12-33-20)21(15)22-16-10-11-26(2,3)13-18(16)28-24(30)23(22)25(31)32-4/h8-9,14,20,22-23H,5-7,10-13H2,1-4H3,(H,28,30). The molecule has 0 radical (unpaired) electrons. The summed E-state index contributed by atoms with van der Waals surface area (Å²) in [4.78, 5) is 26.2. The van der Waals surface area contributed by atoms with E-state index in [4.69, 9.17) is 14.6 Å². The lowest BCUT2D eigenvalue weighted by Crippen LogP contribution is -2.47. The van der Waals surface area contributed by atoms with Crippen LogP contribution in [0.2, 0.25) is 0 Å². The van der Waals surface area contributed by atoms with Gasteiger partial charge in [-0.1, -0.05) is 19.9 Å². The largest absolute Gasteiger partial charge is 0.468 e. The Morgan fingerprint density at radius 3 is 2.85 bits per heavy atom. The van der Waals surface area contributed by atoms with Gasteiger partial charge in [0.25, 0.3) is 0 Å². The number of hydrogen-bond acceptors (Lipinski definition) is 5. The van der Waals surface area contributed by atoms with Crippen LogP contribution in [0.15, 0.2) is 29.6 Å². The molecule has 5 rings (SSSR count). The van der Waals surface area contributed by atoms with Gasteiger partial charge in [-0.05, 0) is 73.6 Å². The van der Waals surface area contributed by atoms with E-state index in [1.165, 1.54) is 7.11 Å². The first-order valence-corrected chi connectivity index (χ1v) is 12.0. The van der Waals surface area contributed by atoms with Crippen LogP contribution < -0.4 is 5.32 Å². The summed E-state index contributed by atoms with van der Waals surface area (Å²) in [6.07, 6.45) is 7.57. The summed E-state index contributed by atoms with van der Waals surface area (Å²) in [6, 6.07) is 4.15. The van der Waals surface area contributed by atoms with Gasteiger partial charge in [-0.2, -0.15) is 5.10 Å². The van der Waals surface area contributed by atoms with E-state index in [1.807, 2.05) is 10.9 Å². The van der Waals surface area contributed by atoms with Crippen LogP contribution >= 0.6 is 0 Å². The fourth-order valence-corrected chi connectivity index (χ4v) is 5.87. The van der Waals surface area contributed by atoms with Crippen LogP contribution in [-0.4, -0.2) is 35.4 Å². The molecule has 3 heterocycles. The van der Waals surface area contributed by atoms with Crippen molar-refractivity contribution in [2.75, 3.05) is 13.7 Å². The molecule has 1 saturated heterocycles. The van der Waals surface area contributed by atoms with Gasteiger partial charge in [0, 0.05) is 23.6 Å². The number of benzene rings is 1. The Morgan fingerprint density at radius 1 is 1.30 bits per heavy atom. The molecule has 7 heteroatoms. The number of allylic oxidation sites excluding steroid dienone is 2. The van der Waals surface area contributed by atoms with Crippen molar-refractivity contribution < 1.29 is 19.1 Å².